The Bertz CT molecular complexity index is 544. The second kappa shape index (κ2) is 5.48. The number of hydrogen-bond acceptors (Lipinski definition) is 4. The number of benzene rings is 1. The molecule has 2 rings (SSSR count). The van der Waals surface area contributed by atoms with Crippen molar-refractivity contribution in [2.24, 2.45) is 0 Å². The molecule has 1 fully saturated rings. The monoisotopic (exact) mass is 277 g/mol. The van der Waals surface area contributed by atoms with Crippen LogP contribution in [0, 0.1) is 10.1 Å². The van der Waals surface area contributed by atoms with Gasteiger partial charge in [-0.25, -0.2) is 0 Å². The van der Waals surface area contributed by atoms with Gasteiger partial charge in [0.2, 0.25) is 0 Å². The molecule has 20 heavy (non-hydrogen) atoms. The summed E-state index contributed by atoms with van der Waals surface area (Å²) in [4.78, 5) is 24.8. The summed E-state index contributed by atoms with van der Waals surface area (Å²) in [6.07, 6.45) is 2.81. The predicted octanol–water partition coefficient (Wildman–Crippen LogP) is 2.58. The van der Waals surface area contributed by atoms with Crippen LogP contribution < -0.4 is 5.73 Å². The van der Waals surface area contributed by atoms with E-state index in [9.17, 15) is 14.9 Å². The van der Waals surface area contributed by atoms with Crippen molar-refractivity contribution in [2.75, 3.05) is 5.73 Å². The minimum Gasteiger partial charge on any atom is -0.393 e. The molecule has 0 aromatic heterocycles. The van der Waals surface area contributed by atoms with Crippen molar-refractivity contribution in [3.63, 3.8) is 0 Å². The summed E-state index contributed by atoms with van der Waals surface area (Å²) >= 11 is 0. The van der Waals surface area contributed by atoms with Crippen molar-refractivity contribution in [3.8, 4) is 0 Å². The van der Waals surface area contributed by atoms with Crippen molar-refractivity contribution in [3.05, 3.63) is 33.9 Å². The van der Waals surface area contributed by atoms with E-state index in [1.165, 1.54) is 12.1 Å². The lowest BCUT2D eigenvalue weighted by atomic mass is 10.1. The molecule has 0 spiro atoms. The second-order valence-electron chi connectivity index (χ2n) is 5.20. The molecule has 1 aliphatic heterocycles. The molecule has 2 atom stereocenters. The number of carbonyl (C=O) groups excluding carboxylic acids is 1. The number of nitro groups is 1. The Kier molecular flexibility index (Phi) is 3.92. The first-order chi connectivity index (χ1) is 9.47. The van der Waals surface area contributed by atoms with Gasteiger partial charge in [-0.3, -0.25) is 14.9 Å². The van der Waals surface area contributed by atoms with E-state index in [1.54, 1.807) is 6.07 Å². The minimum atomic E-state index is -0.559. The maximum absolute atomic E-state index is 12.6. The van der Waals surface area contributed by atoms with Crippen molar-refractivity contribution in [1.29, 1.82) is 0 Å². The van der Waals surface area contributed by atoms with Crippen LogP contribution in [0.5, 0.6) is 0 Å². The van der Waals surface area contributed by atoms with Gasteiger partial charge >= 0.3 is 0 Å². The number of rotatable bonds is 3. The summed E-state index contributed by atoms with van der Waals surface area (Å²) in [5, 5.41) is 10.9. The first-order valence-electron chi connectivity index (χ1n) is 6.82. The van der Waals surface area contributed by atoms with Gasteiger partial charge in [0, 0.05) is 18.2 Å². The number of nitrogen functional groups attached to an aromatic ring is 1. The molecule has 0 radical (unpaired) electrons. The van der Waals surface area contributed by atoms with Crippen LogP contribution in [0.25, 0.3) is 0 Å². The number of amides is 1. The smallest absolute Gasteiger partial charge is 0.292 e. The highest BCUT2D eigenvalue weighted by Crippen LogP contribution is 2.31. The summed E-state index contributed by atoms with van der Waals surface area (Å²) in [7, 11) is 0. The van der Waals surface area contributed by atoms with Gasteiger partial charge in [0.05, 0.1) is 10.5 Å². The Hall–Kier alpha value is -2.11. The van der Waals surface area contributed by atoms with Crippen LogP contribution in [0.3, 0.4) is 0 Å². The van der Waals surface area contributed by atoms with Crippen LogP contribution in [0.2, 0.25) is 0 Å². The Morgan fingerprint density at radius 1 is 1.50 bits per heavy atom. The lowest BCUT2D eigenvalue weighted by Crippen LogP contribution is -2.40. The number of nitrogens with two attached hydrogens (primary N) is 1. The SMILES string of the molecule is CCC1CCC(C)N1C(=O)c1cccc([N+](=O)[O-])c1N. The molecule has 2 N–H and O–H groups in total. The summed E-state index contributed by atoms with van der Waals surface area (Å²) in [6, 6.07) is 4.71. The highest BCUT2D eigenvalue weighted by atomic mass is 16.6. The summed E-state index contributed by atoms with van der Waals surface area (Å²) in [5.74, 6) is -0.206. The zero-order valence-corrected chi connectivity index (χ0v) is 11.7. The van der Waals surface area contributed by atoms with Gasteiger partial charge < -0.3 is 10.6 Å². The minimum absolute atomic E-state index is 0.0450. The van der Waals surface area contributed by atoms with Crippen LogP contribution >= 0.6 is 0 Å². The van der Waals surface area contributed by atoms with E-state index in [2.05, 4.69) is 0 Å². The summed E-state index contributed by atoms with van der Waals surface area (Å²) in [5.41, 5.74) is 5.77. The second-order valence-corrected chi connectivity index (χ2v) is 5.20. The summed E-state index contributed by atoms with van der Waals surface area (Å²) in [6.45, 7) is 4.04. The molecule has 0 saturated carbocycles. The van der Waals surface area contributed by atoms with Gasteiger partial charge in [0.25, 0.3) is 11.6 Å². The van der Waals surface area contributed by atoms with Crippen LogP contribution in [-0.2, 0) is 0 Å². The molecule has 6 heteroatoms. The molecule has 6 nitrogen and oxygen atoms in total. The zero-order chi connectivity index (χ0) is 14.9. The van der Waals surface area contributed by atoms with E-state index < -0.39 is 4.92 Å². The molecular weight excluding hydrogens is 258 g/mol. The number of para-hydroxylation sites is 1. The van der Waals surface area contributed by atoms with E-state index in [-0.39, 0.29) is 34.9 Å². The fourth-order valence-electron chi connectivity index (χ4n) is 2.88. The first-order valence-corrected chi connectivity index (χ1v) is 6.82. The van der Waals surface area contributed by atoms with Crippen molar-refractivity contribution >= 4 is 17.3 Å². The van der Waals surface area contributed by atoms with E-state index in [4.69, 9.17) is 5.73 Å². The largest absolute Gasteiger partial charge is 0.393 e. The lowest BCUT2D eigenvalue weighted by molar-refractivity contribution is -0.383. The third kappa shape index (κ3) is 2.33. The van der Waals surface area contributed by atoms with Crippen molar-refractivity contribution < 1.29 is 9.72 Å². The molecule has 0 bridgehead atoms. The average molecular weight is 277 g/mol. The first kappa shape index (κ1) is 14.3. The van der Waals surface area contributed by atoms with E-state index in [1.807, 2.05) is 18.7 Å². The van der Waals surface area contributed by atoms with E-state index in [0.29, 0.717) is 0 Å². The molecule has 108 valence electrons. The summed E-state index contributed by atoms with van der Waals surface area (Å²) < 4.78 is 0. The number of nitrogens with zero attached hydrogens (tertiary/aromatic N) is 2. The van der Waals surface area contributed by atoms with Gasteiger partial charge in [-0.05, 0) is 32.3 Å². The van der Waals surface area contributed by atoms with Crippen LogP contribution in [0.15, 0.2) is 18.2 Å². The molecular formula is C14H19N3O3. The molecule has 1 aromatic carbocycles. The molecule has 1 aliphatic rings. The van der Waals surface area contributed by atoms with Crippen LogP contribution in [0.1, 0.15) is 43.5 Å². The van der Waals surface area contributed by atoms with Crippen molar-refractivity contribution in [1.82, 2.24) is 4.90 Å². The topological polar surface area (TPSA) is 89.5 Å². The molecule has 1 amide bonds. The Labute approximate surface area is 117 Å². The average Bonchev–Trinajstić information content (AvgIpc) is 2.79. The maximum Gasteiger partial charge on any atom is 0.292 e. The standard InChI is InChI=1S/C14H19N3O3/c1-3-10-8-7-9(2)16(10)14(18)11-5-4-6-12(13(11)15)17(19)20/h4-6,9-10H,3,7-8,15H2,1-2H3. The predicted molar refractivity (Wildman–Crippen MR) is 76.5 cm³/mol. The Balaban J connectivity index is 2.39. The van der Waals surface area contributed by atoms with Gasteiger partial charge in [0.15, 0.2) is 0 Å². The Morgan fingerprint density at radius 2 is 2.20 bits per heavy atom. The van der Waals surface area contributed by atoms with Crippen LogP contribution in [-0.4, -0.2) is 27.8 Å². The molecule has 0 aliphatic carbocycles. The number of anilines is 1. The molecule has 1 saturated heterocycles. The maximum atomic E-state index is 12.6. The van der Waals surface area contributed by atoms with Gasteiger partial charge in [-0.15, -0.1) is 0 Å². The number of hydrogen-bond donors (Lipinski definition) is 1. The number of carbonyl (C=O) groups is 1. The zero-order valence-electron chi connectivity index (χ0n) is 11.7. The van der Waals surface area contributed by atoms with E-state index >= 15 is 0 Å². The van der Waals surface area contributed by atoms with Crippen LogP contribution in [0.4, 0.5) is 11.4 Å². The van der Waals surface area contributed by atoms with Crippen molar-refractivity contribution in [2.45, 2.75) is 45.2 Å². The molecule has 1 aromatic rings. The fourth-order valence-corrected chi connectivity index (χ4v) is 2.88. The van der Waals surface area contributed by atoms with Gasteiger partial charge in [-0.2, -0.15) is 0 Å². The third-order valence-electron chi connectivity index (χ3n) is 4.00. The normalized spacial score (nSPS) is 22.0. The molecule has 2 unspecified atom stereocenters. The lowest BCUT2D eigenvalue weighted by Gasteiger charge is -2.28. The number of likely N-dealkylation sites (tertiary alicyclic amines) is 1. The Morgan fingerprint density at radius 3 is 2.80 bits per heavy atom. The van der Waals surface area contributed by atoms with Gasteiger partial charge in [-0.1, -0.05) is 13.0 Å². The quantitative estimate of drug-likeness (QED) is 0.522. The highest BCUT2D eigenvalue weighted by Gasteiger charge is 2.35. The highest BCUT2D eigenvalue weighted by molar-refractivity contribution is 6.01. The molecule has 1 heterocycles. The van der Waals surface area contributed by atoms with Gasteiger partial charge in [0.1, 0.15) is 5.69 Å². The fraction of sp³-hybridized carbons (Fsp3) is 0.500. The van der Waals surface area contributed by atoms with E-state index in [0.717, 1.165) is 19.3 Å². The number of nitro benzene ring substituents is 1. The third-order valence-corrected chi connectivity index (χ3v) is 4.00.